The van der Waals surface area contributed by atoms with Crippen LogP contribution < -0.4 is 5.73 Å². The maximum atomic E-state index is 5.62. The van der Waals surface area contributed by atoms with Crippen LogP contribution in [0, 0.1) is 5.92 Å². The van der Waals surface area contributed by atoms with E-state index >= 15 is 0 Å². The van der Waals surface area contributed by atoms with Crippen molar-refractivity contribution in [3.63, 3.8) is 0 Å². The van der Waals surface area contributed by atoms with Gasteiger partial charge >= 0.3 is 0 Å². The Bertz CT molecular complexity index is 544. The molecule has 0 aliphatic rings. The van der Waals surface area contributed by atoms with E-state index in [1.165, 1.54) is 4.70 Å². The number of thiazole rings is 1. The van der Waals surface area contributed by atoms with Crippen LogP contribution in [0.5, 0.6) is 0 Å². The molecule has 2 rings (SSSR count). The van der Waals surface area contributed by atoms with Crippen molar-refractivity contribution in [3.05, 3.63) is 29.3 Å². The fraction of sp³-hybridized carbons (Fsp3) is 0.467. The fourth-order valence-electron chi connectivity index (χ4n) is 2.20. The monoisotopic (exact) mass is 307 g/mol. The van der Waals surface area contributed by atoms with Crippen molar-refractivity contribution >= 4 is 38.8 Å². The molecule has 0 unspecified atom stereocenters. The van der Waals surface area contributed by atoms with Gasteiger partial charge in [-0.1, -0.05) is 38.2 Å². The van der Waals surface area contributed by atoms with Gasteiger partial charge in [-0.05, 0) is 18.1 Å². The third kappa shape index (κ3) is 4.51. The highest BCUT2D eigenvalue weighted by Gasteiger charge is 2.11. The van der Waals surface area contributed by atoms with Crippen molar-refractivity contribution in [3.8, 4) is 0 Å². The molecule has 3 nitrogen and oxygen atoms in total. The molecule has 1 aromatic heterocycles. The van der Waals surface area contributed by atoms with Crippen LogP contribution in [0.15, 0.2) is 24.3 Å². The molecule has 0 saturated heterocycles. The molecule has 108 valence electrons. The second-order valence-corrected chi connectivity index (χ2v) is 7.06. The lowest BCUT2D eigenvalue weighted by Crippen LogP contribution is -2.30. The van der Waals surface area contributed by atoms with Gasteiger partial charge in [0, 0.05) is 19.5 Å². The van der Waals surface area contributed by atoms with E-state index in [1.54, 1.807) is 11.3 Å². The molecule has 5 heteroatoms. The second-order valence-electron chi connectivity index (χ2n) is 5.42. The van der Waals surface area contributed by atoms with Crippen molar-refractivity contribution < 1.29 is 0 Å². The highest BCUT2D eigenvalue weighted by Crippen LogP contribution is 2.22. The first-order valence-corrected chi connectivity index (χ1v) is 8.12. The highest BCUT2D eigenvalue weighted by atomic mass is 32.1. The minimum Gasteiger partial charge on any atom is -0.393 e. The van der Waals surface area contributed by atoms with Crippen LogP contribution in [0.1, 0.15) is 25.3 Å². The summed E-state index contributed by atoms with van der Waals surface area (Å²) in [5.41, 5.74) is 6.71. The van der Waals surface area contributed by atoms with Crippen LogP contribution in [0.3, 0.4) is 0 Å². The summed E-state index contributed by atoms with van der Waals surface area (Å²) in [6, 6.07) is 8.28. The second kappa shape index (κ2) is 7.11. The molecule has 0 radical (unpaired) electrons. The summed E-state index contributed by atoms with van der Waals surface area (Å²) in [5.74, 6) is 0.621. The van der Waals surface area contributed by atoms with Crippen LogP contribution in [-0.4, -0.2) is 28.0 Å². The summed E-state index contributed by atoms with van der Waals surface area (Å²) >= 11 is 6.75. The minimum absolute atomic E-state index is 0.586. The Kier molecular flexibility index (Phi) is 5.46. The quantitative estimate of drug-likeness (QED) is 0.796. The van der Waals surface area contributed by atoms with Crippen molar-refractivity contribution in [1.82, 2.24) is 9.88 Å². The summed E-state index contributed by atoms with van der Waals surface area (Å²) in [7, 11) is 0. The van der Waals surface area contributed by atoms with Crippen LogP contribution in [0.2, 0.25) is 0 Å². The van der Waals surface area contributed by atoms with E-state index in [9.17, 15) is 0 Å². The molecule has 0 spiro atoms. The molecule has 2 aromatic rings. The van der Waals surface area contributed by atoms with Gasteiger partial charge in [-0.3, -0.25) is 4.90 Å². The van der Waals surface area contributed by atoms with Gasteiger partial charge in [0.05, 0.1) is 21.7 Å². The van der Waals surface area contributed by atoms with Gasteiger partial charge in [0.2, 0.25) is 0 Å². The summed E-state index contributed by atoms with van der Waals surface area (Å²) in [5, 5.41) is 1.16. The summed E-state index contributed by atoms with van der Waals surface area (Å²) in [6.07, 6.45) is 0.771. The summed E-state index contributed by atoms with van der Waals surface area (Å²) < 4.78 is 1.25. The lowest BCUT2D eigenvalue weighted by Gasteiger charge is -2.22. The van der Waals surface area contributed by atoms with E-state index in [4.69, 9.17) is 22.9 Å². The smallest absolute Gasteiger partial charge is 0.108 e. The zero-order valence-corrected chi connectivity index (χ0v) is 13.6. The highest BCUT2D eigenvalue weighted by molar-refractivity contribution is 7.80. The summed E-state index contributed by atoms with van der Waals surface area (Å²) in [4.78, 5) is 7.68. The van der Waals surface area contributed by atoms with Gasteiger partial charge in [0.1, 0.15) is 5.01 Å². The number of hydrogen-bond donors (Lipinski definition) is 1. The molecular formula is C15H21N3S2. The van der Waals surface area contributed by atoms with Crippen LogP contribution in [-0.2, 0) is 6.54 Å². The Balaban J connectivity index is 2.07. The third-order valence-corrected chi connectivity index (χ3v) is 4.22. The maximum Gasteiger partial charge on any atom is 0.108 e. The Hall–Kier alpha value is -1.04. The molecule has 1 heterocycles. The average molecular weight is 307 g/mol. The Morgan fingerprint density at radius 3 is 2.80 bits per heavy atom. The number of nitrogens with zero attached hydrogens (tertiary/aromatic N) is 2. The molecule has 20 heavy (non-hydrogen) atoms. The standard InChI is InChI=1S/C15H21N3S2/c1-11(2)9-18(8-7-14(16)19)10-15-17-12-5-3-4-6-13(12)20-15/h3-6,11H,7-10H2,1-2H3,(H2,16,19). The van der Waals surface area contributed by atoms with E-state index in [-0.39, 0.29) is 0 Å². The predicted octanol–water partition coefficient (Wildman–Crippen LogP) is 3.43. The topological polar surface area (TPSA) is 42.1 Å². The van der Waals surface area contributed by atoms with Gasteiger partial charge in [0.15, 0.2) is 0 Å². The zero-order valence-electron chi connectivity index (χ0n) is 12.0. The molecule has 0 atom stereocenters. The molecule has 2 N–H and O–H groups in total. The Labute approximate surface area is 129 Å². The number of benzene rings is 1. The first-order valence-electron chi connectivity index (χ1n) is 6.89. The molecule has 0 saturated carbocycles. The van der Waals surface area contributed by atoms with Crippen molar-refractivity contribution in [2.75, 3.05) is 13.1 Å². The molecule has 0 fully saturated rings. The fourth-order valence-corrected chi connectivity index (χ4v) is 3.30. The number of hydrogen-bond acceptors (Lipinski definition) is 4. The number of thiocarbonyl (C=S) groups is 1. The average Bonchev–Trinajstić information content (AvgIpc) is 2.77. The van der Waals surface area contributed by atoms with E-state index < -0.39 is 0 Å². The lowest BCUT2D eigenvalue weighted by molar-refractivity contribution is 0.242. The van der Waals surface area contributed by atoms with Crippen molar-refractivity contribution in [1.29, 1.82) is 0 Å². The van der Waals surface area contributed by atoms with Crippen molar-refractivity contribution in [2.24, 2.45) is 11.7 Å². The first-order chi connectivity index (χ1) is 9.54. The zero-order chi connectivity index (χ0) is 14.5. The lowest BCUT2D eigenvalue weighted by atomic mass is 10.2. The normalized spacial score (nSPS) is 11.6. The maximum absolute atomic E-state index is 5.62. The number of rotatable bonds is 7. The first kappa shape index (κ1) is 15.4. The Morgan fingerprint density at radius 1 is 1.40 bits per heavy atom. The number of nitrogens with two attached hydrogens (primary N) is 1. The van der Waals surface area contributed by atoms with E-state index in [0.29, 0.717) is 10.9 Å². The van der Waals surface area contributed by atoms with Gasteiger partial charge in [-0.25, -0.2) is 4.98 Å². The number of para-hydroxylation sites is 1. The Morgan fingerprint density at radius 2 is 2.15 bits per heavy atom. The van der Waals surface area contributed by atoms with Crippen molar-refractivity contribution in [2.45, 2.75) is 26.8 Å². The van der Waals surface area contributed by atoms with E-state index in [0.717, 1.165) is 36.6 Å². The third-order valence-electron chi connectivity index (χ3n) is 2.99. The molecule has 0 amide bonds. The molecule has 0 bridgehead atoms. The van der Waals surface area contributed by atoms with Gasteiger partial charge in [0.25, 0.3) is 0 Å². The van der Waals surface area contributed by atoms with Gasteiger partial charge in [-0.15, -0.1) is 11.3 Å². The summed E-state index contributed by atoms with van der Waals surface area (Å²) in [6.45, 7) is 7.28. The predicted molar refractivity (Wildman–Crippen MR) is 91.1 cm³/mol. The van der Waals surface area contributed by atoms with E-state index in [2.05, 4.69) is 36.9 Å². The molecule has 0 aliphatic heterocycles. The molecule has 1 aromatic carbocycles. The minimum atomic E-state index is 0.586. The largest absolute Gasteiger partial charge is 0.393 e. The van der Waals surface area contributed by atoms with Crippen LogP contribution >= 0.6 is 23.6 Å². The van der Waals surface area contributed by atoms with Crippen LogP contribution in [0.4, 0.5) is 0 Å². The van der Waals surface area contributed by atoms with Crippen LogP contribution in [0.25, 0.3) is 10.2 Å². The molecular weight excluding hydrogens is 286 g/mol. The number of aromatic nitrogens is 1. The van der Waals surface area contributed by atoms with Gasteiger partial charge < -0.3 is 5.73 Å². The van der Waals surface area contributed by atoms with Gasteiger partial charge in [-0.2, -0.15) is 0 Å². The van der Waals surface area contributed by atoms with E-state index in [1.807, 2.05) is 6.07 Å². The number of fused-ring (bicyclic) bond motifs is 1. The molecule has 0 aliphatic carbocycles. The SMILES string of the molecule is CC(C)CN(CCC(N)=S)Cc1nc2ccccc2s1.